The Labute approximate surface area is 91.0 Å². The maximum absolute atomic E-state index is 8.71. The van der Waals surface area contributed by atoms with Crippen molar-refractivity contribution in [2.75, 3.05) is 6.61 Å². The zero-order valence-corrected chi connectivity index (χ0v) is 9.51. The number of ether oxygens (including phenoxy) is 2. The molecule has 0 radical (unpaired) electrons. The van der Waals surface area contributed by atoms with Gasteiger partial charge in [-0.05, 0) is 20.8 Å². The Morgan fingerprint density at radius 3 is 2.67 bits per heavy atom. The third kappa shape index (κ3) is 4.34. The molecular formula is C10H19BO4. The fourth-order valence-corrected chi connectivity index (χ4v) is 1.77. The van der Waals surface area contributed by atoms with Crippen molar-refractivity contribution >= 4 is 7.12 Å². The maximum atomic E-state index is 8.71. The molecule has 1 rings (SSSR count). The largest absolute Gasteiger partial charge is 0.480 e. The number of hydrogen-bond acceptors (Lipinski definition) is 4. The summed E-state index contributed by atoms with van der Waals surface area (Å²) in [5.41, 5.74) is 0.816. The molecule has 3 atom stereocenters. The lowest BCUT2D eigenvalue weighted by Crippen LogP contribution is -2.22. The summed E-state index contributed by atoms with van der Waals surface area (Å²) in [5, 5.41) is 17.4. The first-order valence-corrected chi connectivity index (χ1v) is 5.29. The number of hydrogen-bond donors (Lipinski definition) is 2. The highest BCUT2D eigenvalue weighted by atomic mass is 16.6. The Kier molecular flexibility index (Phi) is 4.79. The van der Waals surface area contributed by atoms with E-state index in [1.54, 1.807) is 0 Å². The van der Waals surface area contributed by atoms with Crippen LogP contribution in [-0.4, -0.2) is 42.1 Å². The zero-order valence-electron chi connectivity index (χ0n) is 9.51. The van der Waals surface area contributed by atoms with Gasteiger partial charge in [0.1, 0.15) is 0 Å². The Bertz CT molecular complexity index is 229. The molecule has 1 heterocycles. The lowest BCUT2D eigenvalue weighted by atomic mass is 9.89. The van der Waals surface area contributed by atoms with E-state index in [0.29, 0.717) is 6.61 Å². The zero-order chi connectivity index (χ0) is 11.4. The Balaban J connectivity index is 2.31. The molecule has 0 spiro atoms. The molecule has 15 heavy (non-hydrogen) atoms. The SMILES string of the molecule is C/C(=C/B(O)O)CO[C@@H]1C[C@H](C)O[C@@H]1C. The van der Waals surface area contributed by atoms with E-state index in [1.807, 2.05) is 20.8 Å². The van der Waals surface area contributed by atoms with Gasteiger partial charge in [-0.1, -0.05) is 11.5 Å². The van der Waals surface area contributed by atoms with Crippen molar-refractivity contribution in [3.63, 3.8) is 0 Å². The minimum atomic E-state index is -1.40. The van der Waals surface area contributed by atoms with Gasteiger partial charge in [0.2, 0.25) is 0 Å². The summed E-state index contributed by atoms with van der Waals surface area (Å²) in [6.07, 6.45) is 1.37. The average Bonchev–Trinajstić information content (AvgIpc) is 2.40. The Morgan fingerprint density at radius 2 is 2.20 bits per heavy atom. The molecule has 0 aliphatic carbocycles. The highest BCUT2D eigenvalue weighted by Gasteiger charge is 2.30. The molecule has 0 unspecified atom stereocenters. The van der Waals surface area contributed by atoms with Crippen LogP contribution in [0.15, 0.2) is 11.5 Å². The molecule has 2 N–H and O–H groups in total. The van der Waals surface area contributed by atoms with Crippen LogP contribution in [0.5, 0.6) is 0 Å². The Morgan fingerprint density at radius 1 is 1.53 bits per heavy atom. The summed E-state index contributed by atoms with van der Waals surface area (Å²) in [7, 11) is -1.40. The molecule has 4 nitrogen and oxygen atoms in total. The van der Waals surface area contributed by atoms with Crippen LogP contribution < -0.4 is 0 Å². The van der Waals surface area contributed by atoms with E-state index in [2.05, 4.69) is 0 Å². The van der Waals surface area contributed by atoms with E-state index >= 15 is 0 Å². The molecule has 0 aromatic carbocycles. The maximum Gasteiger partial charge on any atom is 0.480 e. The van der Waals surface area contributed by atoms with Crippen LogP contribution in [0.25, 0.3) is 0 Å². The molecule has 0 aromatic heterocycles. The molecule has 86 valence electrons. The van der Waals surface area contributed by atoms with Crippen molar-refractivity contribution in [3.8, 4) is 0 Å². The van der Waals surface area contributed by atoms with Gasteiger partial charge < -0.3 is 19.5 Å². The molecule has 1 aliphatic rings. The van der Waals surface area contributed by atoms with Crippen LogP contribution >= 0.6 is 0 Å². The van der Waals surface area contributed by atoms with Gasteiger partial charge in [-0.25, -0.2) is 0 Å². The summed E-state index contributed by atoms with van der Waals surface area (Å²) < 4.78 is 11.2. The van der Waals surface area contributed by atoms with Gasteiger partial charge in [0.15, 0.2) is 0 Å². The summed E-state index contributed by atoms with van der Waals surface area (Å²) in [5.74, 6) is 1.36. The van der Waals surface area contributed by atoms with Crippen molar-refractivity contribution in [1.82, 2.24) is 0 Å². The minimum absolute atomic E-state index is 0.110. The van der Waals surface area contributed by atoms with E-state index in [9.17, 15) is 0 Å². The van der Waals surface area contributed by atoms with Gasteiger partial charge in [-0.2, -0.15) is 0 Å². The van der Waals surface area contributed by atoms with E-state index in [1.165, 1.54) is 5.98 Å². The second kappa shape index (κ2) is 5.65. The van der Waals surface area contributed by atoms with Crippen molar-refractivity contribution in [1.29, 1.82) is 0 Å². The lowest BCUT2D eigenvalue weighted by Gasteiger charge is -2.15. The van der Waals surface area contributed by atoms with Crippen molar-refractivity contribution < 1.29 is 19.5 Å². The molecule has 5 heteroatoms. The average molecular weight is 214 g/mol. The minimum Gasteiger partial charge on any atom is -0.424 e. The molecule has 0 bridgehead atoms. The smallest absolute Gasteiger partial charge is 0.424 e. The van der Waals surface area contributed by atoms with Crippen LogP contribution in [0.1, 0.15) is 27.2 Å². The summed E-state index contributed by atoms with van der Waals surface area (Å²) >= 11 is 0. The van der Waals surface area contributed by atoms with Gasteiger partial charge in [0.05, 0.1) is 24.9 Å². The van der Waals surface area contributed by atoms with Crippen LogP contribution in [0, 0.1) is 0 Å². The molecule has 0 saturated carbocycles. The van der Waals surface area contributed by atoms with E-state index in [0.717, 1.165) is 12.0 Å². The van der Waals surface area contributed by atoms with Crippen LogP contribution in [0.3, 0.4) is 0 Å². The fraction of sp³-hybridized carbons (Fsp3) is 0.800. The van der Waals surface area contributed by atoms with Gasteiger partial charge >= 0.3 is 7.12 Å². The third-order valence-corrected chi connectivity index (χ3v) is 2.49. The first-order chi connectivity index (χ1) is 6.99. The van der Waals surface area contributed by atoms with Gasteiger partial charge in [-0.15, -0.1) is 0 Å². The fourth-order valence-electron chi connectivity index (χ4n) is 1.77. The second-order valence-electron chi connectivity index (χ2n) is 4.16. The van der Waals surface area contributed by atoms with E-state index in [-0.39, 0.29) is 18.3 Å². The molecule has 1 fully saturated rings. The van der Waals surface area contributed by atoms with Crippen LogP contribution in [-0.2, 0) is 9.47 Å². The van der Waals surface area contributed by atoms with E-state index in [4.69, 9.17) is 19.5 Å². The first kappa shape index (κ1) is 12.7. The number of rotatable bonds is 4. The van der Waals surface area contributed by atoms with Crippen molar-refractivity contribution in [3.05, 3.63) is 11.5 Å². The van der Waals surface area contributed by atoms with Crippen LogP contribution in [0.4, 0.5) is 0 Å². The molecule has 1 saturated heterocycles. The monoisotopic (exact) mass is 214 g/mol. The highest BCUT2D eigenvalue weighted by Crippen LogP contribution is 2.22. The Hall–Kier alpha value is -0.355. The van der Waals surface area contributed by atoms with Gasteiger partial charge in [0, 0.05) is 6.42 Å². The summed E-state index contributed by atoms with van der Waals surface area (Å²) in [4.78, 5) is 0. The van der Waals surface area contributed by atoms with Gasteiger partial charge in [0.25, 0.3) is 0 Å². The predicted octanol–water partition coefficient (Wildman–Crippen LogP) is 0.527. The van der Waals surface area contributed by atoms with Crippen molar-refractivity contribution in [2.45, 2.75) is 45.5 Å². The molecule has 1 aliphatic heterocycles. The predicted molar refractivity (Wildman–Crippen MR) is 58.3 cm³/mol. The third-order valence-electron chi connectivity index (χ3n) is 2.49. The highest BCUT2D eigenvalue weighted by molar-refractivity contribution is 6.47. The molecule has 0 aromatic rings. The quantitative estimate of drug-likeness (QED) is 0.670. The summed E-state index contributed by atoms with van der Waals surface area (Å²) in [6.45, 7) is 6.25. The lowest BCUT2D eigenvalue weighted by molar-refractivity contribution is -0.00257. The van der Waals surface area contributed by atoms with Crippen molar-refractivity contribution in [2.24, 2.45) is 0 Å². The van der Waals surface area contributed by atoms with Crippen LogP contribution in [0.2, 0.25) is 0 Å². The summed E-state index contributed by atoms with van der Waals surface area (Å²) in [6, 6.07) is 0. The normalized spacial score (nSPS) is 32.1. The van der Waals surface area contributed by atoms with E-state index < -0.39 is 7.12 Å². The molecule has 0 amide bonds. The molecular weight excluding hydrogens is 195 g/mol. The first-order valence-electron chi connectivity index (χ1n) is 5.29. The topological polar surface area (TPSA) is 58.9 Å². The van der Waals surface area contributed by atoms with Gasteiger partial charge in [-0.3, -0.25) is 0 Å². The standard InChI is InChI=1S/C10H19BO4/c1-7(5-11(12)13)6-14-10-4-8(2)15-9(10)3/h5,8-10,12-13H,4,6H2,1-3H3/b7-5-/t8-,9+,10+/m0/s1. The second-order valence-corrected chi connectivity index (χ2v) is 4.16.